The molecule has 1 aliphatic rings. The lowest BCUT2D eigenvalue weighted by atomic mass is 10.1. The molecular weight excluding hydrogens is 330 g/mol. The van der Waals surface area contributed by atoms with E-state index in [1.165, 1.54) is 0 Å². The highest BCUT2D eigenvalue weighted by atomic mass is 16.2. The molecule has 0 spiro atoms. The third-order valence-electron chi connectivity index (χ3n) is 5.05. The first-order valence-electron chi connectivity index (χ1n) is 9.29. The predicted octanol–water partition coefficient (Wildman–Crippen LogP) is 1.70. The van der Waals surface area contributed by atoms with E-state index in [9.17, 15) is 9.59 Å². The van der Waals surface area contributed by atoms with Crippen molar-refractivity contribution in [1.82, 2.24) is 19.6 Å². The smallest absolute Gasteiger partial charge is 0.252 e. The number of likely N-dealkylation sites (tertiary alicyclic amines) is 1. The molecule has 0 aliphatic carbocycles. The molecular formula is C19H27N5O2. The summed E-state index contributed by atoms with van der Waals surface area (Å²) >= 11 is 0. The molecule has 0 radical (unpaired) electrons. The van der Waals surface area contributed by atoms with Crippen molar-refractivity contribution >= 4 is 23.8 Å². The number of hydrogen-bond donors (Lipinski definition) is 1. The lowest BCUT2D eigenvalue weighted by Crippen LogP contribution is -2.43. The largest absolute Gasteiger partial charge is 0.349 e. The number of aromatic nitrogens is 2. The van der Waals surface area contributed by atoms with Gasteiger partial charge < -0.3 is 10.2 Å². The van der Waals surface area contributed by atoms with Gasteiger partial charge in [0.1, 0.15) is 11.5 Å². The van der Waals surface area contributed by atoms with Gasteiger partial charge in [0, 0.05) is 18.8 Å². The molecule has 3 rings (SSSR count). The zero-order valence-corrected chi connectivity index (χ0v) is 15.7. The zero-order valence-electron chi connectivity index (χ0n) is 15.7. The van der Waals surface area contributed by atoms with Crippen LogP contribution in [0.3, 0.4) is 0 Å². The summed E-state index contributed by atoms with van der Waals surface area (Å²) in [5, 5.41) is 3.14. The molecule has 2 aromatic heterocycles. The Morgan fingerprint density at radius 1 is 1.35 bits per heavy atom. The number of pyridine rings is 1. The Labute approximate surface area is 154 Å². The highest BCUT2D eigenvalue weighted by Gasteiger charge is 2.21. The number of nitrogens with zero attached hydrogens (tertiary/aromatic N) is 4. The van der Waals surface area contributed by atoms with Crippen molar-refractivity contribution in [2.45, 2.75) is 39.2 Å². The van der Waals surface area contributed by atoms with Gasteiger partial charge in [0.15, 0.2) is 0 Å². The summed E-state index contributed by atoms with van der Waals surface area (Å²) in [7, 11) is 2.10. The number of aryl methyl sites for hydroxylation is 1. The Bertz CT molecular complexity index is 793. The van der Waals surface area contributed by atoms with Crippen molar-refractivity contribution in [3.8, 4) is 0 Å². The van der Waals surface area contributed by atoms with Gasteiger partial charge in [-0.1, -0.05) is 6.92 Å². The quantitative estimate of drug-likeness (QED) is 0.799. The van der Waals surface area contributed by atoms with Crippen LogP contribution in [0.1, 0.15) is 42.7 Å². The summed E-state index contributed by atoms with van der Waals surface area (Å²) in [5.74, 6) is 0.669. The number of rotatable bonds is 6. The standard InChI is InChI=1S/C19H27N5O2/c1-4-16-19(23(5-2)13-25)24-12-14(6-7-17(24)21-16)18(26)20-15-8-10-22(3)11-9-15/h6-7,12-13,15H,4-5,8-11H2,1-3H3,(H,20,26). The number of amides is 2. The maximum atomic E-state index is 12.7. The Morgan fingerprint density at radius 3 is 2.69 bits per heavy atom. The normalized spacial score (nSPS) is 16.0. The molecule has 1 aliphatic heterocycles. The first-order valence-corrected chi connectivity index (χ1v) is 9.29. The first-order chi connectivity index (χ1) is 12.6. The Hall–Kier alpha value is -2.41. The summed E-state index contributed by atoms with van der Waals surface area (Å²) in [6, 6.07) is 3.85. The molecule has 1 fully saturated rings. The second-order valence-electron chi connectivity index (χ2n) is 6.82. The predicted molar refractivity (Wildman–Crippen MR) is 102 cm³/mol. The monoisotopic (exact) mass is 357 g/mol. The van der Waals surface area contributed by atoms with E-state index < -0.39 is 0 Å². The van der Waals surface area contributed by atoms with E-state index in [-0.39, 0.29) is 11.9 Å². The molecule has 140 valence electrons. The van der Waals surface area contributed by atoms with E-state index in [0.29, 0.717) is 12.1 Å². The van der Waals surface area contributed by atoms with Crippen LogP contribution in [0.15, 0.2) is 18.3 Å². The summed E-state index contributed by atoms with van der Waals surface area (Å²) in [6.07, 6.45) is 5.25. The summed E-state index contributed by atoms with van der Waals surface area (Å²) in [6.45, 7) is 6.48. The molecule has 7 heteroatoms. The van der Waals surface area contributed by atoms with E-state index in [1.807, 2.05) is 24.3 Å². The third kappa shape index (κ3) is 3.58. The van der Waals surface area contributed by atoms with Crippen LogP contribution in [0.4, 0.5) is 5.82 Å². The molecule has 26 heavy (non-hydrogen) atoms. The minimum absolute atomic E-state index is 0.0756. The van der Waals surface area contributed by atoms with Gasteiger partial charge in [-0.15, -0.1) is 0 Å². The van der Waals surface area contributed by atoms with Crippen LogP contribution in [-0.4, -0.2) is 59.3 Å². The number of fused-ring (bicyclic) bond motifs is 1. The summed E-state index contributed by atoms with van der Waals surface area (Å²) in [5.41, 5.74) is 2.18. The number of anilines is 1. The maximum Gasteiger partial charge on any atom is 0.252 e. The fraction of sp³-hybridized carbons (Fsp3) is 0.526. The van der Waals surface area contributed by atoms with Crippen molar-refractivity contribution in [3.63, 3.8) is 0 Å². The molecule has 0 atom stereocenters. The van der Waals surface area contributed by atoms with Gasteiger partial charge in [0.2, 0.25) is 6.41 Å². The lowest BCUT2D eigenvalue weighted by molar-refractivity contribution is -0.107. The summed E-state index contributed by atoms with van der Waals surface area (Å²) < 4.78 is 1.85. The van der Waals surface area contributed by atoms with Crippen molar-refractivity contribution in [1.29, 1.82) is 0 Å². The molecule has 2 aromatic rings. The van der Waals surface area contributed by atoms with Gasteiger partial charge in [-0.25, -0.2) is 4.98 Å². The SMILES string of the molecule is CCc1nc2ccc(C(=O)NC3CCN(C)CC3)cn2c1N(C=O)CC. The highest BCUT2D eigenvalue weighted by Crippen LogP contribution is 2.23. The van der Waals surface area contributed by atoms with Gasteiger partial charge in [0.05, 0.1) is 11.3 Å². The molecule has 1 saturated heterocycles. The average molecular weight is 357 g/mol. The number of carbonyl (C=O) groups excluding carboxylic acids is 2. The second kappa shape index (κ2) is 7.86. The van der Waals surface area contributed by atoms with Gasteiger partial charge in [0.25, 0.3) is 5.91 Å². The van der Waals surface area contributed by atoms with Crippen LogP contribution in [0.2, 0.25) is 0 Å². The first kappa shape index (κ1) is 18.4. The highest BCUT2D eigenvalue weighted by molar-refractivity contribution is 5.94. The molecule has 0 unspecified atom stereocenters. The third-order valence-corrected chi connectivity index (χ3v) is 5.05. The number of carbonyl (C=O) groups is 2. The van der Waals surface area contributed by atoms with Crippen LogP contribution in [0.25, 0.3) is 5.65 Å². The van der Waals surface area contributed by atoms with Gasteiger partial charge in [-0.05, 0) is 58.5 Å². The van der Waals surface area contributed by atoms with Crippen LogP contribution >= 0.6 is 0 Å². The number of nitrogens with one attached hydrogen (secondary N) is 1. The fourth-order valence-corrected chi connectivity index (χ4v) is 3.45. The van der Waals surface area contributed by atoms with E-state index in [4.69, 9.17) is 0 Å². The van der Waals surface area contributed by atoms with Gasteiger partial charge in [-0.2, -0.15) is 0 Å². The zero-order chi connectivity index (χ0) is 18.7. The number of imidazole rings is 1. The van der Waals surface area contributed by atoms with Crippen LogP contribution in [0, 0.1) is 0 Å². The number of hydrogen-bond acceptors (Lipinski definition) is 4. The molecule has 0 saturated carbocycles. The molecule has 0 bridgehead atoms. The molecule has 3 heterocycles. The summed E-state index contributed by atoms with van der Waals surface area (Å²) in [4.78, 5) is 32.6. The van der Waals surface area contributed by atoms with Crippen LogP contribution in [0.5, 0.6) is 0 Å². The fourth-order valence-electron chi connectivity index (χ4n) is 3.45. The molecule has 2 amide bonds. The van der Waals surface area contributed by atoms with Crippen LogP contribution in [-0.2, 0) is 11.2 Å². The lowest BCUT2D eigenvalue weighted by Gasteiger charge is -2.29. The number of piperidine rings is 1. The Morgan fingerprint density at radius 2 is 2.08 bits per heavy atom. The van der Waals surface area contributed by atoms with Crippen molar-refractivity contribution in [2.24, 2.45) is 0 Å². The van der Waals surface area contributed by atoms with Crippen molar-refractivity contribution < 1.29 is 9.59 Å². The van der Waals surface area contributed by atoms with Crippen LogP contribution < -0.4 is 10.2 Å². The second-order valence-corrected chi connectivity index (χ2v) is 6.82. The van der Waals surface area contributed by atoms with Crippen molar-refractivity contribution in [3.05, 3.63) is 29.6 Å². The maximum absolute atomic E-state index is 12.7. The molecule has 7 nitrogen and oxygen atoms in total. The molecule has 0 aromatic carbocycles. The van der Waals surface area contributed by atoms with E-state index in [2.05, 4.69) is 22.2 Å². The Kier molecular flexibility index (Phi) is 5.56. The topological polar surface area (TPSA) is 70.0 Å². The molecule has 1 N–H and O–H groups in total. The van der Waals surface area contributed by atoms with Crippen molar-refractivity contribution in [2.75, 3.05) is 31.6 Å². The van der Waals surface area contributed by atoms with E-state index in [0.717, 1.165) is 55.9 Å². The average Bonchev–Trinajstić information content (AvgIpc) is 3.02. The van der Waals surface area contributed by atoms with E-state index >= 15 is 0 Å². The Balaban J connectivity index is 1.89. The van der Waals surface area contributed by atoms with E-state index in [1.54, 1.807) is 17.2 Å². The van der Waals surface area contributed by atoms with Gasteiger partial charge in [-0.3, -0.25) is 18.9 Å². The minimum Gasteiger partial charge on any atom is -0.349 e. The minimum atomic E-state index is -0.0756. The van der Waals surface area contributed by atoms with Gasteiger partial charge >= 0.3 is 0 Å².